The molecule has 0 aliphatic carbocycles. The van der Waals surface area contributed by atoms with Crippen LogP contribution in [0.4, 0.5) is 5.69 Å². The van der Waals surface area contributed by atoms with E-state index in [0.717, 1.165) is 44.2 Å². The molecule has 0 bridgehead atoms. The second-order valence-corrected chi connectivity index (χ2v) is 10.4. The van der Waals surface area contributed by atoms with Crippen LogP contribution in [0.25, 0.3) is 17.0 Å². The van der Waals surface area contributed by atoms with Crippen molar-refractivity contribution < 1.29 is 9.59 Å². The Morgan fingerprint density at radius 3 is 2.47 bits per heavy atom. The van der Waals surface area contributed by atoms with Crippen LogP contribution in [0.2, 0.25) is 5.02 Å². The monoisotopic (exact) mass is 531 g/mol. The van der Waals surface area contributed by atoms with Crippen LogP contribution in [0.5, 0.6) is 0 Å². The fourth-order valence-electron chi connectivity index (χ4n) is 4.11. The first-order chi connectivity index (χ1) is 17.4. The van der Waals surface area contributed by atoms with Crippen molar-refractivity contribution >= 4 is 75.2 Å². The molecule has 0 unspecified atom stereocenters. The number of aryl methyl sites for hydroxylation is 2. The maximum Gasteiger partial charge on any atom is 0.270 e. The largest absolute Gasteiger partial charge is 0.346 e. The number of amides is 2. The minimum atomic E-state index is -0.497. The predicted octanol–water partition coefficient (Wildman–Crippen LogP) is 6.23. The van der Waals surface area contributed by atoms with Crippen molar-refractivity contribution in [1.29, 1.82) is 0 Å². The zero-order chi connectivity index (χ0) is 25.2. The second-order valence-electron chi connectivity index (χ2n) is 8.39. The first kappa shape index (κ1) is 24.3. The Morgan fingerprint density at radius 1 is 1.00 bits per heavy atom. The van der Waals surface area contributed by atoms with E-state index in [1.165, 1.54) is 4.90 Å². The summed E-state index contributed by atoms with van der Waals surface area (Å²) in [6.07, 6.45) is 3.65. The quantitative estimate of drug-likeness (QED) is 0.139. The molecule has 3 aromatic carbocycles. The van der Waals surface area contributed by atoms with Crippen LogP contribution >= 0.6 is 35.6 Å². The van der Waals surface area contributed by atoms with Gasteiger partial charge in [-0.3, -0.25) is 19.8 Å². The number of hydrogen-bond donors (Lipinski definition) is 1. The third-order valence-corrected chi connectivity index (χ3v) is 7.46. The van der Waals surface area contributed by atoms with E-state index in [4.69, 9.17) is 23.8 Å². The number of fused-ring (bicyclic) bond motifs is 1. The predicted molar refractivity (Wildman–Crippen MR) is 151 cm³/mol. The number of halogens is 1. The van der Waals surface area contributed by atoms with Crippen molar-refractivity contribution in [1.82, 2.24) is 9.88 Å². The molecule has 1 N–H and O–H groups in total. The van der Waals surface area contributed by atoms with Crippen LogP contribution in [0.15, 0.2) is 89.5 Å². The molecular weight excluding hydrogens is 510 g/mol. The maximum atomic E-state index is 13.4. The van der Waals surface area contributed by atoms with Gasteiger partial charge < -0.3 is 4.57 Å². The number of para-hydroxylation sites is 1. The number of thiocarbonyl (C=S) groups is 1. The van der Waals surface area contributed by atoms with E-state index in [2.05, 4.69) is 9.88 Å². The van der Waals surface area contributed by atoms with Gasteiger partial charge >= 0.3 is 0 Å². The number of anilines is 1. The van der Waals surface area contributed by atoms with E-state index in [1.54, 1.807) is 17.8 Å². The summed E-state index contributed by atoms with van der Waals surface area (Å²) in [5, 5.41) is 4.43. The van der Waals surface area contributed by atoms with E-state index in [-0.39, 0.29) is 10.7 Å². The van der Waals surface area contributed by atoms with Crippen molar-refractivity contribution in [2.45, 2.75) is 18.4 Å². The fraction of sp³-hybridized carbons (Fsp3) is 0.107. The van der Waals surface area contributed by atoms with Crippen molar-refractivity contribution in [3.8, 4) is 0 Å². The normalized spacial score (nSPS) is 15.1. The molecule has 5 nitrogen and oxygen atoms in total. The van der Waals surface area contributed by atoms with Gasteiger partial charge in [0.2, 0.25) is 0 Å². The molecule has 0 atom stereocenters. The molecule has 2 amide bonds. The van der Waals surface area contributed by atoms with E-state index in [1.807, 2.05) is 85.9 Å². The van der Waals surface area contributed by atoms with Crippen LogP contribution in [0.3, 0.4) is 0 Å². The van der Waals surface area contributed by atoms with Crippen molar-refractivity contribution in [2.75, 3.05) is 10.7 Å². The van der Waals surface area contributed by atoms with Gasteiger partial charge in [0.15, 0.2) is 5.11 Å². The zero-order valence-corrected chi connectivity index (χ0v) is 21.8. The molecule has 0 saturated carbocycles. The Bertz CT molecular complexity index is 1510. The summed E-state index contributed by atoms with van der Waals surface area (Å²) in [6, 6.07) is 23.2. The Balaban J connectivity index is 1.44. The minimum Gasteiger partial charge on any atom is -0.346 e. The SMILES string of the molecule is Cc1ccc(N2C(=O)/C(=C/c3cn(CCSc4ccc(Cl)cc4)c4ccccc34)C(=O)NC2=S)cc1. The van der Waals surface area contributed by atoms with E-state index >= 15 is 0 Å². The van der Waals surface area contributed by atoms with Crippen LogP contribution in [-0.2, 0) is 16.1 Å². The number of aromatic nitrogens is 1. The summed E-state index contributed by atoms with van der Waals surface area (Å²) in [6.45, 7) is 2.73. The molecule has 1 aliphatic rings. The zero-order valence-electron chi connectivity index (χ0n) is 19.4. The summed E-state index contributed by atoms with van der Waals surface area (Å²) in [5.41, 5.74) is 3.56. The van der Waals surface area contributed by atoms with Crippen LogP contribution in [-0.4, -0.2) is 27.2 Å². The van der Waals surface area contributed by atoms with Gasteiger partial charge in [0.05, 0.1) is 5.69 Å². The topological polar surface area (TPSA) is 54.3 Å². The van der Waals surface area contributed by atoms with E-state index in [0.29, 0.717) is 5.69 Å². The van der Waals surface area contributed by atoms with Gasteiger partial charge in [-0.05, 0) is 67.7 Å². The fourth-order valence-corrected chi connectivity index (χ4v) is 5.37. The number of carbonyl (C=O) groups excluding carboxylic acids is 2. The molecule has 1 aromatic heterocycles. The Morgan fingerprint density at radius 2 is 1.72 bits per heavy atom. The highest BCUT2D eigenvalue weighted by atomic mass is 35.5. The third-order valence-electron chi connectivity index (χ3n) is 5.93. The maximum absolute atomic E-state index is 13.4. The highest BCUT2D eigenvalue weighted by Gasteiger charge is 2.34. The molecule has 0 radical (unpaired) electrons. The molecule has 2 heterocycles. The average molecular weight is 532 g/mol. The van der Waals surface area contributed by atoms with Gasteiger partial charge in [-0.1, -0.05) is 47.5 Å². The molecule has 1 fully saturated rings. The average Bonchev–Trinajstić information content (AvgIpc) is 3.21. The van der Waals surface area contributed by atoms with Crippen molar-refractivity contribution in [3.63, 3.8) is 0 Å². The molecule has 5 rings (SSSR count). The number of nitrogens with zero attached hydrogens (tertiary/aromatic N) is 2. The lowest BCUT2D eigenvalue weighted by Gasteiger charge is -2.29. The molecule has 180 valence electrons. The summed E-state index contributed by atoms with van der Waals surface area (Å²) < 4.78 is 2.15. The molecule has 1 saturated heterocycles. The van der Waals surface area contributed by atoms with Crippen LogP contribution in [0.1, 0.15) is 11.1 Å². The second kappa shape index (κ2) is 10.3. The van der Waals surface area contributed by atoms with Gasteiger partial charge in [0, 0.05) is 44.9 Å². The van der Waals surface area contributed by atoms with Crippen molar-refractivity contribution in [2.24, 2.45) is 0 Å². The van der Waals surface area contributed by atoms with Crippen molar-refractivity contribution in [3.05, 3.63) is 101 Å². The Kier molecular flexibility index (Phi) is 6.96. The summed E-state index contributed by atoms with van der Waals surface area (Å²) >= 11 is 13.1. The number of carbonyl (C=O) groups is 2. The number of thioether (sulfide) groups is 1. The Hall–Kier alpha value is -3.39. The van der Waals surface area contributed by atoms with Gasteiger partial charge in [0.1, 0.15) is 5.57 Å². The van der Waals surface area contributed by atoms with Gasteiger partial charge in [-0.25, -0.2) is 0 Å². The molecule has 36 heavy (non-hydrogen) atoms. The molecular formula is C28H22ClN3O2S2. The van der Waals surface area contributed by atoms with Gasteiger partial charge in [-0.2, -0.15) is 0 Å². The molecule has 4 aromatic rings. The summed E-state index contributed by atoms with van der Waals surface area (Å²) in [7, 11) is 0. The van der Waals surface area contributed by atoms with Crippen LogP contribution in [0, 0.1) is 6.92 Å². The first-order valence-electron chi connectivity index (χ1n) is 11.3. The van der Waals surface area contributed by atoms with Gasteiger partial charge in [-0.15, -0.1) is 11.8 Å². The lowest BCUT2D eigenvalue weighted by atomic mass is 10.1. The molecule has 0 spiro atoms. The third kappa shape index (κ3) is 4.95. The number of hydrogen-bond acceptors (Lipinski definition) is 4. The highest BCUT2D eigenvalue weighted by Crippen LogP contribution is 2.28. The summed E-state index contributed by atoms with van der Waals surface area (Å²) in [5.74, 6) is -0.0863. The number of benzene rings is 3. The lowest BCUT2D eigenvalue weighted by molar-refractivity contribution is -0.122. The standard InChI is InChI=1S/C28H22ClN3O2S2/c1-18-6-10-21(11-7-18)32-27(34)24(26(33)30-28(32)35)16-19-17-31(25-5-3-2-4-23(19)25)14-15-36-22-12-8-20(29)9-13-22/h2-13,16-17H,14-15H2,1H3,(H,30,33,35)/b24-16+. The Labute approximate surface area is 223 Å². The van der Waals surface area contributed by atoms with Crippen LogP contribution < -0.4 is 10.2 Å². The van der Waals surface area contributed by atoms with E-state index in [9.17, 15) is 9.59 Å². The number of nitrogens with one attached hydrogen (secondary N) is 1. The highest BCUT2D eigenvalue weighted by molar-refractivity contribution is 7.99. The van der Waals surface area contributed by atoms with E-state index < -0.39 is 11.8 Å². The molecule has 1 aliphatic heterocycles. The lowest BCUT2D eigenvalue weighted by Crippen LogP contribution is -2.54. The smallest absolute Gasteiger partial charge is 0.270 e. The minimum absolute atomic E-state index is 0.0441. The molecule has 8 heteroatoms. The van der Waals surface area contributed by atoms with Gasteiger partial charge in [0.25, 0.3) is 11.8 Å². The first-order valence-corrected chi connectivity index (χ1v) is 13.1. The summed E-state index contributed by atoms with van der Waals surface area (Å²) in [4.78, 5) is 28.7. The number of rotatable bonds is 6.